The Labute approximate surface area is 103 Å². The first-order valence-electron chi connectivity index (χ1n) is 5.06. The minimum atomic E-state index is -0.959. The van der Waals surface area contributed by atoms with Crippen molar-refractivity contribution in [2.24, 2.45) is 5.73 Å². The second-order valence-corrected chi connectivity index (χ2v) is 4.38. The normalized spacial score (nSPS) is 11.8. The lowest BCUT2D eigenvalue weighted by Crippen LogP contribution is -2.30. The lowest BCUT2D eigenvalue weighted by molar-refractivity contribution is -0.153. The molecule has 6 heteroatoms. The van der Waals surface area contributed by atoms with Crippen LogP contribution in [0, 0.1) is 0 Å². The zero-order valence-electron chi connectivity index (χ0n) is 9.34. The van der Waals surface area contributed by atoms with Gasteiger partial charge in [0.1, 0.15) is 0 Å². The van der Waals surface area contributed by atoms with E-state index < -0.39 is 18.0 Å². The average molecular weight is 255 g/mol. The molecule has 1 atom stereocenters. The average Bonchev–Trinajstić information content (AvgIpc) is 2.79. The molecule has 0 aromatic carbocycles. The van der Waals surface area contributed by atoms with Crippen LogP contribution in [0.25, 0.3) is 0 Å². The zero-order valence-corrected chi connectivity index (χ0v) is 10.2. The van der Waals surface area contributed by atoms with E-state index in [0.717, 1.165) is 0 Å². The van der Waals surface area contributed by atoms with Crippen LogP contribution in [0.4, 0.5) is 0 Å². The summed E-state index contributed by atoms with van der Waals surface area (Å²) in [6.45, 7) is 1.39. The van der Waals surface area contributed by atoms with Gasteiger partial charge in [0.2, 0.25) is 0 Å². The molecule has 1 unspecified atom stereocenters. The van der Waals surface area contributed by atoms with Crippen LogP contribution in [0.15, 0.2) is 17.5 Å². The Morgan fingerprint density at radius 3 is 2.65 bits per heavy atom. The van der Waals surface area contributed by atoms with E-state index in [0.29, 0.717) is 4.88 Å². The molecule has 0 fully saturated rings. The second kappa shape index (κ2) is 6.15. The van der Waals surface area contributed by atoms with Crippen LogP contribution >= 0.6 is 11.3 Å². The highest BCUT2D eigenvalue weighted by atomic mass is 32.1. The third-order valence-electron chi connectivity index (χ3n) is 2.06. The number of esters is 1. The number of carbonyl (C=O) groups is 3. The maximum absolute atomic E-state index is 11.5. The Morgan fingerprint density at radius 1 is 1.41 bits per heavy atom. The van der Waals surface area contributed by atoms with Crippen LogP contribution in [-0.4, -0.2) is 23.8 Å². The molecule has 92 valence electrons. The molecule has 1 aromatic rings. The van der Waals surface area contributed by atoms with Crippen LogP contribution in [0.5, 0.6) is 0 Å². The fourth-order valence-electron chi connectivity index (χ4n) is 1.09. The van der Waals surface area contributed by atoms with E-state index in [-0.39, 0.29) is 18.6 Å². The molecule has 1 rings (SSSR count). The van der Waals surface area contributed by atoms with Gasteiger partial charge in [0.15, 0.2) is 11.9 Å². The highest BCUT2D eigenvalue weighted by Crippen LogP contribution is 2.12. The van der Waals surface area contributed by atoms with E-state index in [2.05, 4.69) is 0 Å². The summed E-state index contributed by atoms with van der Waals surface area (Å²) in [5.41, 5.74) is 4.94. The summed E-state index contributed by atoms with van der Waals surface area (Å²) in [6, 6.07) is 3.47. The van der Waals surface area contributed by atoms with Gasteiger partial charge in [0.05, 0.1) is 11.3 Å². The number of amides is 1. The van der Waals surface area contributed by atoms with Crippen LogP contribution in [0.2, 0.25) is 0 Å². The monoisotopic (exact) mass is 255 g/mol. The standard InChI is InChI=1S/C11H13NO4S/c1-7(11(12)15)16-10(14)5-4-8(13)9-3-2-6-17-9/h2-3,6-7H,4-5H2,1H3,(H2,12,15). The molecule has 1 amide bonds. The third-order valence-corrected chi connectivity index (χ3v) is 2.97. The maximum atomic E-state index is 11.5. The number of Topliss-reactive ketones (excluding diaryl/α,β-unsaturated/α-hetero) is 1. The van der Waals surface area contributed by atoms with E-state index in [1.807, 2.05) is 0 Å². The molecule has 2 N–H and O–H groups in total. The summed E-state index contributed by atoms with van der Waals surface area (Å²) in [5, 5.41) is 1.79. The number of rotatable bonds is 6. The third kappa shape index (κ3) is 4.36. The van der Waals surface area contributed by atoms with Crippen molar-refractivity contribution < 1.29 is 19.1 Å². The van der Waals surface area contributed by atoms with Crippen LogP contribution in [-0.2, 0) is 14.3 Å². The van der Waals surface area contributed by atoms with Gasteiger partial charge in [-0.3, -0.25) is 14.4 Å². The molecule has 0 aliphatic heterocycles. The van der Waals surface area contributed by atoms with Crippen molar-refractivity contribution in [2.45, 2.75) is 25.9 Å². The number of ether oxygens (including phenoxy) is 1. The van der Waals surface area contributed by atoms with Gasteiger partial charge in [-0.25, -0.2) is 0 Å². The number of primary amides is 1. The molecule has 0 aliphatic carbocycles. The number of hydrogen-bond acceptors (Lipinski definition) is 5. The predicted octanol–water partition coefficient (Wildman–Crippen LogP) is 1.13. The summed E-state index contributed by atoms with van der Waals surface area (Å²) >= 11 is 1.33. The second-order valence-electron chi connectivity index (χ2n) is 3.43. The van der Waals surface area contributed by atoms with Gasteiger partial charge in [-0.2, -0.15) is 0 Å². The number of ketones is 1. The van der Waals surface area contributed by atoms with E-state index in [9.17, 15) is 14.4 Å². The van der Waals surface area contributed by atoms with Crippen molar-refractivity contribution in [2.75, 3.05) is 0 Å². The van der Waals surface area contributed by atoms with E-state index in [1.165, 1.54) is 18.3 Å². The van der Waals surface area contributed by atoms with E-state index >= 15 is 0 Å². The first-order chi connectivity index (χ1) is 8.00. The Balaban J connectivity index is 2.34. The first kappa shape index (κ1) is 13.4. The molecular formula is C11H13NO4S. The zero-order chi connectivity index (χ0) is 12.8. The molecule has 0 aliphatic rings. The van der Waals surface area contributed by atoms with Gasteiger partial charge >= 0.3 is 5.97 Å². The number of carbonyl (C=O) groups excluding carboxylic acids is 3. The fraction of sp³-hybridized carbons (Fsp3) is 0.364. The van der Waals surface area contributed by atoms with E-state index in [1.54, 1.807) is 17.5 Å². The molecule has 1 aromatic heterocycles. The van der Waals surface area contributed by atoms with Crippen molar-refractivity contribution >= 4 is 29.0 Å². The minimum absolute atomic E-state index is 0.0473. The Kier molecular flexibility index (Phi) is 4.84. The molecular weight excluding hydrogens is 242 g/mol. The largest absolute Gasteiger partial charge is 0.453 e. The highest BCUT2D eigenvalue weighted by Gasteiger charge is 2.16. The lowest BCUT2D eigenvalue weighted by Gasteiger charge is -2.08. The predicted molar refractivity (Wildman–Crippen MR) is 62.6 cm³/mol. The van der Waals surface area contributed by atoms with Crippen molar-refractivity contribution in [1.82, 2.24) is 0 Å². The topological polar surface area (TPSA) is 86.5 Å². The van der Waals surface area contributed by atoms with Crippen molar-refractivity contribution in [3.05, 3.63) is 22.4 Å². The lowest BCUT2D eigenvalue weighted by atomic mass is 10.2. The van der Waals surface area contributed by atoms with Gasteiger partial charge in [0, 0.05) is 6.42 Å². The first-order valence-corrected chi connectivity index (χ1v) is 5.94. The molecule has 17 heavy (non-hydrogen) atoms. The van der Waals surface area contributed by atoms with Gasteiger partial charge in [0.25, 0.3) is 5.91 Å². The molecule has 0 saturated heterocycles. The van der Waals surface area contributed by atoms with Crippen LogP contribution in [0.3, 0.4) is 0 Å². The SMILES string of the molecule is CC(OC(=O)CCC(=O)c1cccs1)C(N)=O. The highest BCUT2D eigenvalue weighted by molar-refractivity contribution is 7.12. The summed E-state index contributed by atoms with van der Waals surface area (Å²) in [5.74, 6) is -1.41. The van der Waals surface area contributed by atoms with Gasteiger partial charge < -0.3 is 10.5 Å². The Hall–Kier alpha value is -1.69. The molecule has 0 radical (unpaired) electrons. The van der Waals surface area contributed by atoms with Crippen molar-refractivity contribution in [3.63, 3.8) is 0 Å². The maximum Gasteiger partial charge on any atom is 0.307 e. The molecule has 1 heterocycles. The summed E-state index contributed by atoms with van der Waals surface area (Å²) in [7, 11) is 0. The van der Waals surface area contributed by atoms with E-state index in [4.69, 9.17) is 10.5 Å². The van der Waals surface area contributed by atoms with Crippen LogP contribution in [0.1, 0.15) is 29.4 Å². The fourth-order valence-corrected chi connectivity index (χ4v) is 1.78. The Morgan fingerprint density at radius 2 is 2.12 bits per heavy atom. The summed E-state index contributed by atoms with van der Waals surface area (Å²) in [6.07, 6.45) is -0.932. The molecule has 0 spiro atoms. The van der Waals surface area contributed by atoms with Crippen molar-refractivity contribution in [3.8, 4) is 0 Å². The summed E-state index contributed by atoms with van der Waals surface area (Å²) in [4.78, 5) is 34.0. The molecule has 5 nitrogen and oxygen atoms in total. The molecule has 0 bridgehead atoms. The number of hydrogen-bond donors (Lipinski definition) is 1. The molecule has 0 saturated carbocycles. The minimum Gasteiger partial charge on any atom is -0.453 e. The van der Waals surface area contributed by atoms with Crippen LogP contribution < -0.4 is 5.73 Å². The number of nitrogens with two attached hydrogens (primary N) is 1. The van der Waals surface area contributed by atoms with Crippen molar-refractivity contribution in [1.29, 1.82) is 0 Å². The summed E-state index contributed by atoms with van der Waals surface area (Å²) < 4.78 is 4.72. The Bertz CT molecular complexity index is 413. The van der Waals surface area contributed by atoms with Gasteiger partial charge in [-0.1, -0.05) is 6.07 Å². The van der Waals surface area contributed by atoms with Gasteiger partial charge in [-0.05, 0) is 18.4 Å². The smallest absolute Gasteiger partial charge is 0.307 e. The number of thiophene rings is 1. The van der Waals surface area contributed by atoms with Gasteiger partial charge in [-0.15, -0.1) is 11.3 Å². The quantitative estimate of drug-likeness (QED) is 0.609.